The first-order chi connectivity index (χ1) is 22.0. The van der Waals surface area contributed by atoms with Crippen LogP contribution in [0, 0.1) is 11.8 Å². The highest BCUT2D eigenvalue weighted by atomic mass is 16.6. The van der Waals surface area contributed by atoms with E-state index in [1.807, 2.05) is 88.4 Å². The van der Waals surface area contributed by atoms with E-state index in [0.29, 0.717) is 12.8 Å². The smallest absolute Gasteiger partial charge is 0.408 e. The highest BCUT2D eigenvalue weighted by Crippen LogP contribution is 2.13. The van der Waals surface area contributed by atoms with Crippen LogP contribution in [0.3, 0.4) is 0 Å². The minimum absolute atomic E-state index is 0.0515. The summed E-state index contributed by atoms with van der Waals surface area (Å²) in [5.74, 6) is -1.17. The zero-order chi connectivity index (χ0) is 33.5. The molecule has 248 valence electrons. The minimum atomic E-state index is -0.926. The number of ketones is 1. The van der Waals surface area contributed by atoms with E-state index in [1.54, 1.807) is 12.2 Å². The second-order valence-electron chi connectivity index (χ2n) is 12.2. The van der Waals surface area contributed by atoms with Gasteiger partial charge in [-0.25, -0.2) is 9.59 Å². The van der Waals surface area contributed by atoms with Gasteiger partial charge in [0, 0.05) is 6.54 Å². The highest BCUT2D eigenvalue weighted by molar-refractivity contribution is 5.96. The molecule has 1 unspecified atom stereocenters. The number of nitrogens with zero attached hydrogens (tertiary/aromatic N) is 1. The number of amides is 4. The maximum atomic E-state index is 13.6. The van der Waals surface area contributed by atoms with Gasteiger partial charge in [0.05, 0.1) is 12.6 Å². The van der Waals surface area contributed by atoms with Crippen LogP contribution in [0.25, 0.3) is 0 Å². The van der Waals surface area contributed by atoms with E-state index in [9.17, 15) is 24.0 Å². The van der Waals surface area contributed by atoms with Crippen molar-refractivity contribution in [1.82, 2.24) is 20.9 Å². The lowest BCUT2D eigenvalue weighted by molar-refractivity contribution is -0.138. The van der Waals surface area contributed by atoms with E-state index in [-0.39, 0.29) is 50.3 Å². The quantitative estimate of drug-likeness (QED) is 0.275. The van der Waals surface area contributed by atoms with Crippen LogP contribution >= 0.6 is 0 Å². The molecule has 0 bridgehead atoms. The standard InChI is InChI=1S/C35H46N4O7/c1-24(2)19-29(37-34(43)45-22-26-13-7-5-8-14-26)32(41)36-28-17-11-12-18-39(21-31(28)40)33(42)30(20-25(3)4)38-35(44)46-23-27-15-9-6-10-16-27/h5-16,24-25,28-30H,17-23H2,1-4H3,(H,36,41)(H,37,43)(H,38,44)/b12-11-/t28?,29-,30-/m0/s1. The van der Waals surface area contributed by atoms with Crippen molar-refractivity contribution in [3.05, 3.63) is 83.9 Å². The first-order valence-electron chi connectivity index (χ1n) is 15.7. The third kappa shape index (κ3) is 12.4. The Morgan fingerprint density at radius 3 is 1.78 bits per heavy atom. The number of hydrogen-bond donors (Lipinski definition) is 3. The van der Waals surface area contributed by atoms with Gasteiger partial charge >= 0.3 is 12.2 Å². The summed E-state index contributed by atoms with van der Waals surface area (Å²) in [6.45, 7) is 7.72. The van der Waals surface area contributed by atoms with E-state index in [2.05, 4.69) is 16.0 Å². The molecule has 3 rings (SSSR count). The highest BCUT2D eigenvalue weighted by Gasteiger charge is 2.32. The Morgan fingerprint density at radius 2 is 1.26 bits per heavy atom. The van der Waals surface area contributed by atoms with Gasteiger partial charge in [0.25, 0.3) is 0 Å². The maximum absolute atomic E-state index is 13.6. The fourth-order valence-electron chi connectivity index (χ4n) is 4.94. The Hall–Kier alpha value is -4.67. The molecule has 4 amide bonds. The Kier molecular flexibility index (Phi) is 14.3. The molecule has 0 aromatic heterocycles. The summed E-state index contributed by atoms with van der Waals surface area (Å²) in [5.41, 5.74) is 1.62. The molecule has 2 aromatic rings. The molecule has 1 aliphatic heterocycles. The van der Waals surface area contributed by atoms with Crippen LogP contribution in [-0.2, 0) is 37.1 Å². The molecule has 2 aromatic carbocycles. The van der Waals surface area contributed by atoms with Crippen LogP contribution in [0.4, 0.5) is 9.59 Å². The molecule has 3 N–H and O–H groups in total. The average Bonchev–Trinajstić information content (AvgIpc) is 3.02. The predicted molar refractivity (Wildman–Crippen MR) is 173 cm³/mol. The molecule has 46 heavy (non-hydrogen) atoms. The van der Waals surface area contributed by atoms with Crippen molar-refractivity contribution < 1.29 is 33.4 Å². The number of nitrogens with one attached hydrogen (secondary N) is 3. The van der Waals surface area contributed by atoms with Crippen molar-refractivity contribution >= 4 is 29.8 Å². The van der Waals surface area contributed by atoms with Crippen LogP contribution in [0.15, 0.2) is 72.8 Å². The van der Waals surface area contributed by atoms with Gasteiger partial charge in [0.2, 0.25) is 11.8 Å². The Balaban J connectivity index is 1.61. The average molecular weight is 635 g/mol. The minimum Gasteiger partial charge on any atom is -0.445 e. The third-order valence-corrected chi connectivity index (χ3v) is 7.27. The van der Waals surface area contributed by atoms with Crippen molar-refractivity contribution in [1.29, 1.82) is 0 Å². The van der Waals surface area contributed by atoms with Crippen molar-refractivity contribution in [2.24, 2.45) is 11.8 Å². The van der Waals surface area contributed by atoms with Gasteiger partial charge in [-0.3, -0.25) is 14.4 Å². The van der Waals surface area contributed by atoms with Crippen molar-refractivity contribution in [3.8, 4) is 0 Å². The summed E-state index contributed by atoms with van der Waals surface area (Å²) >= 11 is 0. The maximum Gasteiger partial charge on any atom is 0.408 e. The second-order valence-corrected chi connectivity index (χ2v) is 12.2. The summed E-state index contributed by atoms with van der Waals surface area (Å²) in [6, 6.07) is 15.6. The second kappa shape index (κ2) is 18.3. The van der Waals surface area contributed by atoms with Gasteiger partial charge < -0.3 is 30.3 Å². The predicted octanol–water partition coefficient (Wildman–Crippen LogP) is 4.51. The molecule has 11 heteroatoms. The Morgan fingerprint density at radius 1 is 0.761 bits per heavy atom. The number of benzene rings is 2. The van der Waals surface area contributed by atoms with E-state index in [0.717, 1.165) is 11.1 Å². The van der Waals surface area contributed by atoms with E-state index < -0.39 is 42.1 Å². The normalized spacial score (nSPS) is 16.9. The molecule has 0 spiro atoms. The van der Waals surface area contributed by atoms with Gasteiger partial charge in [-0.15, -0.1) is 0 Å². The Bertz CT molecular complexity index is 1330. The lowest BCUT2D eigenvalue weighted by atomic mass is 10.00. The summed E-state index contributed by atoms with van der Waals surface area (Å²) in [7, 11) is 0. The van der Waals surface area contributed by atoms with E-state index in [1.165, 1.54) is 4.90 Å². The number of ether oxygens (including phenoxy) is 2. The monoisotopic (exact) mass is 634 g/mol. The number of carbonyl (C=O) groups is 5. The van der Waals surface area contributed by atoms with Gasteiger partial charge in [-0.1, -0.05) is 101 Å². The van der Waals surface area contributed by atoms with Gasteiger partial charge in [0.15, 0.2) is 5.78 Å². The summed E-state index contributed by atoms with van der Waals surface area (Å²) < 4.78 is 10.6. The van der Waals surface area contributed by atoms with Gasteiger partial charge in [-0.2, -0.15) is 0 Å². The fraction of sp³-hybridized carbons (Fsp3) is 0.457. The van der Waals surface area contributed by atoms with Gasteiger partial charge in [-0.05, 0) is 42.2 Å². The lowest BCUT2D eigenvalue weighted by Crippen LogP contribution is -2.55. The molecule has 1 aliphatic rings. The van der Waals surface area contributed by atoms with Crippen LogP contribution in [0.2, 0.25) is 0 Å². The molecule has 0 saturated heterocycles. The van der Waals surface area contributed by atoms with E-state index in [4.69, 9.17) is 9.47 Å². The van der Waals surface area contributed by atoms with E-state index >= 15 is 0 Å². The molecular formula is C35H46N4O7. The topological polar surface area (TPSA) is 143 Å². The van der Waals surface area contributed by atoms with Crippen molar-refractivity contribution in [3.63, 3.8) is 0 Å². The number of rotatable bonds is 13. The summed E-state index contributed by atoms with van der Waals surface area (Å²) in [4.78, 5) is 66.9. The molecule has 0 saturated carbocycles. The first kappa shape index (κ1) is 35.8. The van der Waals surface area contributed by atoms with Crippen LogP contribution < -0.4 is 16.0 Å². The number of hydrogen-bond acceptors (Lipinski definition) is 7. The van der Waals surface area contributed by atoms with Crippen LogP contribution in [-0.4, -0.2) is 65.9 Å². The first-order valence-corrected chi connectivity index (χ1v) is 15.7. The zero-order valence-corrected chi connectivity index (χ0v) is 27.1. The molecule has 11 nitrogen and oxygen atoms in total. The van der Waals surface area contributed by atoms with Crippen molar-refractivity contribution in [2.45, 2.75) is 78.3 Å². The molecule has 3 atom stereocenters. The van der Waals surface area contributed by atoms with Crippen LogP contribution in [0.5, 0.6) is 0 Å². The number of Topliss-reactive ketones (excluding diaryl/α,β-unsaturated/α-hetero) is 1. The van der Waals surface area contributed by atoms with Crippen molar-refractivity contribution in [2.75, 3.05) is 13.1 Å². The SMILES string of the molecule is CC(C)C[C@H](NC(=O)OCc1ccccc1)C(=O)NC1C/C=C\CN(C(=O)[C@H](CC(C)C)NC(=O)OCc2ccccc2)CC1=O. The molecule has 0 radical (unpaired) electrons. The molecule has 1 heterocycles. The van der Waals surface area contributed by atoms with Crippen LogP contribution in [0.1, 0.15) is 58.1 Å². The molecular weight excluding hydrogens is 588 g/mol. The number of carbonyl (C=O) groups excluding carboxylic acids is 5. The molecule has 0 fully saturated rings. The number of alkyl carbamates (subject to hydrolysis) is 2. The summed E-state index contributed by atoms with van der Waals surface area (Å²) in [5, 5.41) is 8.07. The summed E-state index contributed by atoms with van der Waals surface area (Å²) in [6.07, 6.45) is 2.94. The third-order valence-electron chi connectivity index (χ3n) is 7.27. The Labute approximate surface area is 271 Å². The van der Waals surface area contributed by atoms with Gasteiger partial charge in [0.1, 0.15) is 25.3 Å². The zero-order valence-electron chi connectivity index (χ0n) is 27.1. The lowest BCUT2D eigenvalue weighted by Gasteiger charge is -2.30. The fourth-order valence-corrected chi connectivity index (χ4v) is 4.94. The molecule has 0 aliphatic carbocycles. The largest absolute Gasteiger partial charge is 0.445 e.